The molecule has 190 valence electrons. The van der Waals surface area contributed by atoms with Crippen LogP contribution >= 0.6 is 15.9 Å². The van der Waals surface area contributed by atoms with Crippen molar-refractivity contribution in [2.24, 2.45) is 0 Å². The number of halogens is 1. The quantitative estimate of drug-likeness (QED) is 0.355. The summed E-state index contributed by atoms with van der Waals surface area (Å²) in [7, 11) is 0. The molecule has 3 aromatic rings. The summed E-state index contributed by atoms with van der Waals surface area (Å²) in [6.45, 7) is 9.92. The Morgan fingerprint density at radius 2 is 1.61 bits per heavy atom. The number of nitrogens with one attached hydrogen (secondary N) is 1. The minimum atomic E-state index is -0.708. The van der Waals surface area contributed by atoms with Gasteiger partial charge in [0.05, 0.1) is 0 Å². The van der Waals surface area contributed by atoms with E-state index in [1.807, 2.05) is 107 Å². The van der Waals surface area contributed by atoms with Crippen LogP contribution in [0.15, 0.2) is 77.3 Å². The van der Waals surface area contributed by atoms with E-state index >= 15 is 0 Å². The van der Waals surface area contributed by atoms with Crippen LogP contribution in [0.5, 0.6) is 5.75 Å². The van der Waals surface area contributed by atoms with Crippen LogP contribution in [-0.2, 0) is 22.6 Å². The lowest BCUT2D eigenvalue weighted by atomic mass is 10.0. The highest BCUT2D eigenvalue weighted by Gasteiger charge is 2.32. The zero-order valence-corrected chi connectivity index (χ0v) is 23.3. The van der Waals surface area contributed by atoms with E-state index in [1.165, 1.54) is 0 Å². The lowest BCUT2D eigenvalue weighted by Gasteiger charge is -2.34. The first-order chi connectivity index (χ1) is 17.0. The third-order valence-electron chi connectivity index (χ3n) is 5.92. The molecule has 5 nitrogen and oxygen atoms in total. The van der Waals surface area contributed by atoms with E-state index in [9.17, 15) is 9.59 Å². The molecule has 2 amide bonds. The third kappa shape index (κ3) is 7.95. The molecule has 6 heteroatoms. The van der Waals surface area contributed by atoms with Crippen LogP contribution in [0.3, 0.4) is 0 Å². The molecular formula is C30H35BrN2O3. The summed E-state index contributed by atoms with van der Waals surface area (Å²) < 4.78 is 6.89. The summed E-state index contributed by atoms with van der Waals surface area (Å²) in [5.41, 5.74) is 3.55. The summed E-state index contributed by atoms with van der Waals surface area (Å²) in [5, 5.41) is 3.08. The molecular weight excluding hydrogens is 516 g/mol. The Hall–Kier alpha value is -3.12. The van der Waals surface area contributed by atoms with Gasteiger partial charge in [-0.05, 0) is 75.1 Å². The fourth-order valence-corrected chi connectivity index (χ4v) is 4.39. The van der Waals surface area contributed by atoms with E-state index in [0.717, 1.165) is 26.7 Å². The van der Waals surface area contributed by atoms with Gasteiger partial charge in [0, 0.05) is 23.0 Å². The van der Waals surface area contributed by atoms with Crippen LogP contribution in [0.2, 0.25) is 0 Å². The van der Waals surface area contributed by atoms with Crippen molar-refractivity contribution in [2.45, 2.75) is 59.2 Å². The van der Waals surface area contributed by atoms with Crippen LogP contribution in [-0.4, -0.2) is 34.9 Å². The highest BCUT2D eigenvalue weighted by Crippen LogP contribution is 2.22. The first kappa shape index (κ1) is 27.5. The van der Waals surface area contributed by atoms with Gasteiger partial charge in [-0.2, -0.15) is 0 Å². The molecule has 0 bridgehead atoms. The number of nitrogens with zero attached hydrogens (tertiary/aromatic N) is 1. The molecule has 3 rings (SSSR count). The molecule has 0 fully saturated rings. The van der Waals surface area contributed by atoms with Gasteiger partial charge in [0.25, 0.3) is 5.91 Å². The molecule has 0 aromatic heterocycles. The summed E-state index contributed by atoms with van der Waals surface area (Å²) >= 11 is 3.52. The fraction of sp³-hybridized carbons (Fsp3) is 0.333. The molecule has 0 heterocycles. The van der Waals surface area contributed by atoms with Crippen molar-refractivity contribution >= 4 is 27.7 Å². The van der Waals surface area contributed by atoms with Gasteiger partial charge >= 0.3 is 0 Å². The van der Waals surface area contributed by atoms with Crippen molar-refractivity contribution in [3.8, 4) is 5.75 Å². The van der Waals surface area contributed by atoms with Crippen LogP contribution in [0.25, 0.3) is 0 Å². The molecule has 36 heavy (non-hydrogen) atoms. The summed E-state index contributed by atoms with van der Waals surface area (Å²) in [6, 6.07) is 22.6. The molecule has 0 aliphatic carbocycles. The largest absolute Gasteiger partial charge is 0.483 e. The minimum Gasteiger partial charge on any atom is -0.483 e. The lowest BCUT2D eigenvalue weighted by molar-refractivity contribution is -0.143. The second-order valence-electron chi connectivity index (χ2n) is 10.1. The second kappa shape index (κ2) is 12.2. The van der Waals surface area contributed by atoms with Crippen molar-refractivity contribution in [3.05, 3.63) is 99.5 Å². The third-order valence-corrected chi connectivity index (χ3v) is 6.41. The summed E-state index contributed by atoms with van der Waals surface area (Å²) in [6.07, 6.45) is 0.395. The lowest BCUT2D eigenvalue weighted by Crippen LogP contribution is -2.55. The first-order valence-electron chi connectivity index (χ1n) is 12.1. The van der Waals surface area contributed by atoms with E-state index in [0.29, 0.717) is 12.2 Å². The SMILES string of the molecule is Cc1cccc(OCC(=O)N(Cc2cccc(Br)c2)C(Cc2ccccc2)C(=O)NC(C)(C)C)c1C. The van der Waals surface area contributed by atoms with E-state index in [2.05, 4.69) is 21.2 Å². The number of hydrogen-bond donors (Lipinski definition) is 1. The van der Waals surface area contributed by atoms with Gasteiger partial charge in [-0.25, -0.2) is 0 Å². The number of amides is 2. The maximum Gasteiger partial charge on any atom is 0.261 e. The number of carbonyl (C=O) groups excluding carboxylic acids is 2. The van der Waals surface area contributed by atoms with Crippen LogP contribution < -0.4 is 10.1 Å². The van der Waals surface area contributed by atoms with Crippen molar-refractivity contribution in [1.29, 1.82) is 0 Å². The van der Waals surface area contributed by atoms with E-state index in [-0.39, 0.29) is 25.0 Å². The zero-order chi connectivity index (χ0) is 26.3. The highest BCUT2D eigenvalue weighted by molar-refractivity contribution is 9.10. The Bertz CT molecular complexity index is 1190. The number of hydrogen-bond acceptors (Lipinski definition) is 3. The normalized spacial score (nSPS) is 12.1. The number of benzene rings is 3. The van der Waals surface area contributed by atoms with Gasteiger partial charge < -0.3 is 15.0 Å². The molecule has 3 aromatic carbocycles. The van der Waals surface area contributed by atoms with E-state index in [4.69, 9.17) is 4.74 Å². The van der Waals surface area contributed by atoms with Crippen molar-refractivity contribution < 1.29 is 14.3 Å². The summed E-state index contributed by atoms with van der Waals surface area (Å²) in [4.78, 5) is 28.9. The van der Waals surface area contributed by atoms with Gasteiger partial charge in [0.15, 0.2) is 6.61 Å². The molecule has 0 radical (unpaired) electrons. The van der Waals surface area contributed by atoms with Crippen LogP contribution in [0, 0.1) is 13.8 Å². The van der Waals surface area contributed by atoms with Crippen molar-refractivity contribution in [3.63, 3.8) is 0 Å². The average molecular weight is 552 g/mol. The second-order valence-corrected chi connectivity index (χ2v) is 11.0. The van der Waals surface area contributed by atoms with Gasteiger partial charge in [0.1, 0.15) is 11.8 Å². The first-order valence-corrected chi connectivity index (χ1v) is 12.9. The Morgan fingerprint density at radius 3 is 2.28 bits per heavy atom. The van der Waals surface area contributed by atoms with Crippen molar-refractivity contribution in [1.82, 2.24) is 10.2 Å². The Morgan fingerprint density at radius 1 is 0.944 bits per heavy atom. The number of carbonyl (C=O) groups is 2. The number of rotatable bonds is 9. The Kier molecular flexibility index (Phi) is 9.32. The Balaban J connectivity index is 1.95. The number of aryl methyl sites for hydroxylation is 1. The van der Waals surface area contributed by atoms with E-state index < -0.39 is 11.6 Å². The standard InChI is InChI=1S/C30H35BrN2O3/c1-21-11-9-16-27(22(21)2)36-20-28(34)33(19-24-14-10-15-25(31)17-24)26(29(35)32-30(3,4)5)18-23-12-7-6-8-13-23/h6-17,26H,18-20H2,1-5H3,(H,32,35). The predicted octanol–water partition coefficient (Wildman–Crippen LogP) is 6.00. The monoisotopic (exact) mass is 550 g/mol. The predicted molar refractivity (Wildman–Crippen MR) is 148 cm³/mol. The maximum atomic E-state index is 13.7. The van der Waals surface area contributed by atoms with Gasteiger partial charge in [-0.15, -0.1) is 0 Å². The molecule has 0 saturated carbocycles. The molecule has 1 N–H and O–H groups in total. The smallest absolute Gasteiger partial charge is 0.261 e. The maximum absolute atomic E-state index is 13.7. The molecule has 1 unspecified atom stereocenters. The highest BCUT2D eigenvalue weighted by atomic mass is 79.9. The Labute approximate surface area is 223 Å². The van der Waals surface area contributed by atoms with Crippen LogP contribution in [0.4, 0.5) is 0 Å². The molecule has 1 atom stereocenters. The molecule has 0 aliphatic heterocycles. The minimum absolute atomic E-state index is 0.160. The van der Waals surface area contributed by atoms with Gasteiger partial charge in [-0.1, -0.05) is 70.5 Å². The molecule has 0 spiro atoms. The topological polar surface area (TPSA) is 58.6 Å². The zero-order valence-electron chi connectivity index (χ0n) is 21.7. The van der Waals surface area contributed by atoms with Crippen molar-refractivity contribution in [2.75, 3.05) is 6.61 Å². The van der Waals surface area contributed by atoms with E-state index in [1.54, 1.807) is 4.90 Å². The summed E-state index contributed by atoms with van der Waals surface area (Å²) in [5.74, 6) is 0.229. The molecule has 0 aliphatic rings. The van der Waals surface area contributed by atoms with Gasteiger partial charge in [0.2, 0.25) is 5.91 Å². The number of ether oxygens (including phenoxy) is 1. The fourth-order valence-electron chi connectivity index (χ4n) is 3.94. The van der Waals surface area contributed by atoms with Crippen LogP contribution in [0.1, 0.15) is 43.0 Å². The van der Waals surface area contributed by atoms with Gasteiger partial charge in [-0.3, -0.25) is 9.59 Å². The average Bonchev–Trinajstić information content (AvgIpc) is 2.81. The molecule has 0 saturated heterocycles.